The summed E-state index contributed by atoms with van der Waals surface area (Å²) < 4.78 is 0. The Balaban J connectivity index is 3.77. The van der Waals surface area contributed by atoms with E-state index in [0.717, 1.165) is 24.7 Å². The van der Waals surface area contributed by atoms with E-state index in [-0.39, 0.29) is 0 Å². The van der Waals surface area contributed by atoms with Crippen molar-refractivity contribution in [3.8, 4) is 0 Å². The van der Waals surface area contributed by atoms with Crippen LogP contribution in [0.2, 0.25) is 0 Å². The summed E-state index contributed by atoms with van der Waals surface area (Å²) in [5, 5.41) is 0. The Morgan fingerprint density at radius 1 is 1.60 bits per heavy atom. The van der Waals surface area contributed by atoms with Gasteiger partial charge in [0.25, 0.3) is 0 Å². The van der Waals surface area contributed by atoms with Gasteiger partial charge in [0.05, 0.1) is 0 Å². The van der Waals surface area contributed by atoms with Gasteiger partial charge in [0.1, 0.15) is 6.29 Å². The summed E-state index contributed by atoms with van der Waals surface area (Å²) in [5.74, 6) is 0. The van der Waals surface area contributed by atoms with Crippen LogP contribution in [0.4, 0.5) is 0 Å². The second-order valence-corrected chi connectivity index (χ2v) is 2.14. The van der Waals surface area contributed by atoms with Crippen LogP contribution in [0.25, 0.3) is 0 Å². The first-order chi connectivity index (χ1) is 4.85. The second kappa shape index (κ2) is 6.27. The second-order valence-electron chi connectivity index (χ2n) is 2.14. The molecule has 0 saturated carbocycles. The lowest BCUT2D eigenvalue weighted by molar-refractivity contribution is -0.107. The number of carbonyl (C=O) groups excluding carboxylic acids is 1. The minimum atomic E-state index is 0.503. The fourth-order valence-electron chi connectivity index (χ4n) is 0.676. The first-order valence-corrected chi connectivity index (χ1v) is 3.60. The van der Waals surface area contributed by atoms with E-state index in [9.17, 15) is 4.79 Å². The summed E-state index contributed by atoms with van der Waals surface area (Å²) in [6.45, 7) is 5.71. The zero-order chi connectivity index (χ0) is 7.82. The number of rotatable bonds is 5. The predicted molar refractivity (Wildman–Crippen MR) is 43.9 cm³/mol. The van der Waals surface area contributed by atoms with Crippen LogP contribution < -0.4 is 0 Å². The molecule has 0 atom stereocenters. The average molecular weight is 138 g/mol. The van der Waals surface area contributed by atoms with Crippen molar-refractivity contribution in [3.63, 3.8) is 0 Å². The lowest BCUT2D eigenvalue weighted by atomic mass is 10.1. The highest BCUT2D eigenvalue weighted by molar-refractivity contribution is 5.55. The van der Waals surface area contributed by atoms with Crippen molar-refractivity contribution in [1.29, 1.82) is 0 Å². The van der Waals surface area contributed by atoms with Gasteiger partial charge < -0.3 is 4.79 Å². The number of allylic oxidation sites excluding steroid dienone is 3. The van der Waals surface area contributed by atoms with Gasteiger partial charge in [0.15, 0.2) is 0 Å². The van der Waals surface area contributed by atoms with Crippen molar-refractivity contribution >= 4 is 6.29 Å². The van der Waals surface area contributed by atoms with Crippen molar-refractivity contribution in [2.45, 2.75) is 26.2 Å². The van der Waals surface area contributed by atoms with E-state index in [4.69, 9.17) is 0 Å². The van der Waals surface area contributed by atoms with Crippen LogP contribution in [0.5, 0.6) is 0 Å². The number of hydrogen-bond acceptors (Lipinski definition) is 1. The number of carbonyl (C=O) groups is 1. The van der Waals surface area contributed by atoms with Gasteiger partial charge in [-0.25, -0.2) is 0 Å². The molecule has 0 aromatic heterocycles. The van der Waals surface area contributed by atoms with E-state index in [1.54, 1.807) is 6.08 Å². The van der Waals surface area contributed by atoms with Crippen LogP contribution >= 0.6 is 0 Å². The zero-order valence-electron chi connectivity index (χ0n) is 6.47. The van der Waals surface area contributed by atoms with Gasteiger partial charge in [-0.3, -0.25) is 0 Å². The molecular formula is C9H14O. The minimum absolute atomic E-state index is 0.503. The highest BCUT2D eigenvalue weighted by Gasteiger charge is 1.87. The molecule has 0 rings (SSSR count). The molecular weight excluding hydrogens is 124 g/mol. The van der Waals surface area contributed by atoms with E-state index in [1.165, 1.54) is 0 Å². The summed E-state index contributed by atoms with van der Waals surface area (Å²) in [4.78, 5) is 10.0. The summed E-state index contributed by atoms with van der Waals surface area (Å²) in [6, 6.07) is 0. The molecule has 0 aliphatic rings. The van der Waals surface area contributed by atoms with Crippen LogP contribution in [0.3, 0.4) is 0 Å². The lowest BCUT2D eigenvalue weighted by Gasteiger charge is -1.92. The first-order valence-electron chi connectivity index (χ1n) is 3.60. The number of aldehydes is 1. The molecule has 0 aliphatic carbocycles. The van der Waals surface area contributed by atoms with E-state index in [0.29, 0.717) is 6.42 Å². The van der Waals surface area contributed by atoms with Crippen LogP contribution in [-0.4, -0.2) is 6.29 Å². The quantitative estimate of drug-likeness (QED) is 0.421. The van der Waals surface area contributed by atoms with E-state index in [2.05, 4.69) is 19.6 Å². The van der Waals surface area contributed by atoms with Gasteiger partial charge >= 0.3 is 0 Å². The highest BCUT2D eigenvalue weighted by atomic mass is 16.1. The van der Waals surface area contributed by atoms with Gasteiger partial charge in [0, 0.05) is 6.42 Å². The van der Waals surface area contributed by atoms with Crippen LogP contribution in [-0.2, 0) is 4.79 Å². The number of unbranched alkanes of at least 4 members (excludes halogenated alkanes) is 1. The molecule has 0 bridgehead atoms. The smallest absolute Gasteiger partial charge is 0.124 e. The SMILES string of the molecule is C=C/C(=C\CCC)CC=O. The first kappa shape index (κ1) is 9.15. The zero-order valence-corrected chi connectivity index (χ0v) is 6.47. The van der Waals surface area contributed by atoms with Crippen molar-refractivity contribution < 1.29 is 4.79 Å². The van der Waals surface area contributed by atoms with Gasteiger partial charge in [-0.1, -0.05) is 32.1 Å². The molecule has 0 N–H and O–H groups in total. The van der Waals surface area contributed by atoms with Gasteiger partial charge in [-0.2, -0.15) is 0 Å². The van der Waals surface area contributed by atoms with Crippen molar-refractivity contribution in [1.82, 2.24) is 0 Å². The van der Waals surface area contributed by atoms with Crippen molar-refractivity contribution in [2.75, 3.05) is 0 Å². The third-order valence-electron chi connectivity index (χ3n) is 1.28. The molecule has 0 unspecified atom stereocenters. The van der Waals surface area contributed by atoms with E-state index >= 15 is 0 Å². The fourth-order valence-corrected chi connectivity index (χ4v) is 0.676. The molecule has 0 saturated heterocycles. The number of hydrogen-bond donors (Lipinski definition) is 0. The van der Waals surface area contributed by atoms with Crippen molar-refractivity contribution in [3.05, 3.63) is 24.3 Å². The third-order valence-corrected chi connectivity index (χ3v) is 1.28. The Hall–Kier alpha value is -0.850. The minimum Gasteiger partial charge on any atom is -0.303 e. The fraction of sp³-hybridized carbons (Fsp3) is 0.444. The van der Waals surface area contributed by atoms with Crippen LogP contribution in [0, 0.1) is 0 Å². The molecule has 0 aliphatic heterocycles. The third kappa shape index (κ3) is 4.07. The Morgan fingerprint density at radius 2 is 2.30 bits per heavy atom. The van der Waals surface area contributed by atoms with E-state index < -0.39 is 0 Å². The molecule has 0 spiro atoms. The summed E-state index contributed by atoms with van der Waals surface area (Å²) in [5.41, 5.74) is 1.04. The van der Waals surface area contributed by atoms with Gasteiger partial charge in [-0.15, -0.1) is 0 Å². The molecule has 56 valence electrons. The summed E-state index contributed by atoms with van der Waals surface area (Å²) >= 11 is 0. The lowest BCUT2D eigenvalue weighted by Crippen LogP contribution is -1.79. The maximum atomic E-state index is 10.0. The standard InChI is InChI=1S/C9H14O/c1-3-5-6-9(4-2)7-8-10/h4,6,8H,2-3,5,7H2,1H3/b9-6+. The van der Waals surface area contributed by atoms with E-state index in [1.807, 2.05) is 0 Å². The van der Waals surface area contributed by atoms with Gasteiger partial charge in [-0.05, 0) is 12.0 Å². The monoisotopic (exact) mass is 138 g/mol. The molecule has 10 heavy (non-hydrogen) atoms. The Labute approximate surface area is 62.4 Å². The molecule has 1 nitrogen and oxygen atoms in total. The Kier molecular flexibility index (Phi) is 5.74. The normalized spacial score (nSPS) is 11.1. The predicted octanol–water partition coefficient (Wildman–Crippen LogP) is 2.49. The Bertz CT molecular complexity index is 134. The summed E-state index contributed by atoms with van der Waals surface area (Å²) in [7, 11) is 0. The molecule has 0 aromatic carbocycles. The summed E-state index contributed by atoms with van der Waals surface area (Å²) in [6.07, 6.45) is 7.36. The molecule has 1 heteroatoms. The maximum absolute atomic E-state index is 10.0. The van der Waals surface area contributed by atoms with Crippen molar-refractivity contribution in [2.24, 2.45) is 0 Å². The molecule has 0 amide bonds. The maximum Gasteiger partial charge on any atom is 0.124 e. The average Bonchev–Trinajstić information content (AvgIpc) is 1.98. The molecule has 0 aromatic rings. The molecule has 0 fully saturated rings. The van der Waals surface area contributed by atoms with Gasteiger partial charge in [0.2, 0.25) is 0 Å². The topological polar surface area (TPSA) is 17.1 Å². The largest absolute Gasteiger partial charge is 0.303 e. The highest BCUT2D eigenvalue weighted by Crippen LogP contribution is 2.02. The van der Waals surface area contributed by atoms with Crippen LogP contribution in [0.15, 0.2) is 24.3 Å². The molecule has 0 radical (unpaired) electrons. The van der Waals surface area contributed by atoms with Crippen LogP contribution in [0.1, 0.15) is 26.2 Å². The Morgan fingerprint density at radius 3 is 2.70 bits per heavy atom. The molecule has 0 heterocycles.